The van der Waals surface area contributed by atoms with E-state index in [4.69, 9.17) is 4.74 Å². The lowest BCUT2D eigenvalue weighted by atomic mass is 9.57. The molecule has 0 aromatic rings. The van der Waals surface area contributed by atoms with Crippen molar-refractivity contribution in [1.82, 2.24) is 4.90 Å². The number of likely N-dealkylation sites (tertiary alicyclic amines) is 1. The zero-order valence-electron chi connectivity index (χ0n) is 16.2. The number of hydrogen-bond donors (Lipinski definition) is 0. The minimum absolute atomic E-state index is 0.0864. The topological polar surface area (TPSA) is 29.5 Å². The lowest BCUT2D eigenvalue weighted by Crippen LogP contribution is -2.44. The molecular weight excluding hydrogens is 310 g/mol. The van der Waals surface area contributed by atoms with Crippen LogP contribution in [0.3, 0.4) is 0 Å². The normalized spacial score (nSPS) is 48.2. The van der Waals surface area contributed by atoms with E-state index in [0.717, 1.165) is 18.3 Å². The molecule has 140 valence electrons. The predicted molar refractivity (Wildman–Crippen MR) is 100 cm³/mol. The Bertz CT molecular complexity index is 530. The van der Waals surface area contributed by atoms with Crippen molar-refractivity contribution >= 4 is 5.97 Å². The SMILES string of the molecule is C[C@@H]1OC(=O)[C@@H]2C[C@H]3CCCC[C@H]3[C@@H](/C=C\[C@H]3CCC[C@H](C)N3C)[C@@H]12. The highest BCUT2D eigenvalue weighted by Gasteiger charge is 2.53. The average molecular weight is 346 g/mol. The zero-order valence-corrected chi connectivity index (χ0v) is 16.2. The first kappa shape index (κ1) is 17.6. The Morgan fingerprint density at radius 3 is 2.68 bits per heavy atom. The molecule has 4 fully saturated rings. The molecule has 4 aliphatic rings. The van der Waals surface area contributed by atoms with Crippen molar-refractivity contribution in [3.05, 3.63) is 12.2 Å². The number of esters is 1. The molecule has 2 saturated heterocycles. The minimum atomic E-state index is 0.0864. The van der Waals surface area contributed by atoms with Gasteiger partial charge in [0.1, 0.15) is 6.10 Å². The lowest BCUT2D eigenvalue weighted by Gasteiger charge is -2.46. The summed E-state index contributed by atoms with van der Waals surface area (Å²) < 4.78 is 5.69. The Balaban J connectivity index is 1.57. The van der Waals surface area contributed by atoms with Gasteiger partial charge in [0.05, 0.1) is 5.92 Å². The summed E-state index contributed by atoms with van der Waals surface area (Å²) in [6.07, 6.45) is 15.5. The number of allylic oxidation sites excluding steroid dienone is 1. The van der Waals surface area contributed by atoms with Crippen LogP contribution in [-0.4, -0.2) is 36.1 Å². The minimum Gasteiger partial charge on any atom is -0.462 e. The van der Waals surface area contributed by atoms with Crippen LogP contribution in [0, 0.1) is 29.6 Å². The Kier molecular flexibility index (Phi) is 4.96. The molecule has 2 aliphatic heterocycles. The largest absolute Gasteiger partial charge is 0.462 e. The number of cyclic esters (lactones) is 1. The van der Waals surface area contributed by atoms with Crippen LogP contribution in [0.5, 0.6) is 0 Å². The molecule has 2 saturated carbocycles. The van der Waals surface area contributed by atoms with E-state index >= 15 is 0 Å². The number of ether oxygens (including phenoxy) is 1. The monoisotopic (exact) mass is 345 g/mol. The molecule has 0 aromatic heterocycles. The van der Waals surface area contributed by atoms with Crippen molar-refractivity contribution in [3.63, 3.8) is 0 Å². The molecule has 25 heavy (non-hydrogen) atoms. The highest BCUT2D eigenvalue weighted by molar-refractivity contribution is 5.75. The molecule has 2 aliphatic carbocycles. The van der Waals surface area contributed by atoms with Crippen LogP contribution in [0.2, 0.25) is 0 Å². The van der Waals surface area contributed by atoms with E-state index in [1.54, 1.807) is 0 Å². The smallest absolute Gasteiger partial charge is 0.309 e. The van der Waals surface area contributed by atoms with E-state index < -0.39 is 0 Å². The number of carbonyl (C=O) groups is 1. The third kappa shape index (κ3) is 3.18. The van der Waals surface area contributed by atoms with Crippen molar-refractivity contribution in [2.24, 2.45) is 29.6 Å². The third-order valence-electron chi connectivity index (χ3n) is 7.97. The number of hydrogen-bond acceptors (Lipinski definition) is 3. The first-order chi connectivity index (χ1) is 12.1. The van der Waals surface area contributed by atoms with E-state index in [-0.39, 0.29) is 18.0 Å². The van der Waals surface area contributed by atoms with Gasteiger partial charge in [-0.15, -0.1) is 0 Å². The van der Waals surface area contributed by atoms with Crippen molar-refractivity contribution in [2.75, 3.05) is 7.05 Å². The van der Waals surface area contributed by atoms with Gasteiger partial charge in [0.2, 0.25) is 0 Å². The number of fused-ring (bicyclic) bond motifs is 2. The van der Waals surface area contributed by atoms with Gasteiger partial charge in [-0.05, 0) is 64.3 Å². The van der Waals surface area contributed by atoms with Gasteiger partial charge in [0.15, 0.2) is 0 Å². The summed E-state index contributed by atoms with van der Waals surface area (Å²) in [5.74, 6) is 2.71. The second-order valence-corrected chi connectivity index (χ2v) is 9.24. The summed E-state index contributed by atoms with van der Waals surface area (Å²) in [4.78, 5) is 14.9. The fourth-order valence-electron chi connectivity index (χ4n) is 6.43. The summed E-state index contributed by atoms with van der Waals surface area (Å²) in [6, 6.07) is 1.25. The molecule has 0 amide bonds. The van der Waals surface area contributed by atoms with Crippen molar-refractivity contribution in [1.29, 1.82) is 0 Å². The number of likely N-dealkylation sites (N-methyl/N-ethyl adjacent to an activating group) is 1. The van der Waals surface area contributed by atoms with Crippen LogP contribution in [0.15, 0.2) is 12.2 Å². The van der Waals surface area contributed by atoms with E-state index in [1.807, 2.05) is 0 Å². The van der Waals surface area contributed by atoms with Crippen LogP contribution in [0.1, 0.15) is 65.2 Å². The Labute approximate surface area is 153 Å². The summed E-state index contributed by atoms with van der Waals surface area (Å²) in [5, 5.41) is 0. The number of rotatable bonds is 2. The van der Waals surface area contributed by atoms with Crippen LogP contribution >= 0.6 is 0 Å². The van der Waals surface area contributed by atoms with Gasteiger partial charge in [-0.1, -0.05) is 37.8 Å². The van der Waals surface area contributed by atoms with Crippen molar-refractivity contribution in [3.8, 4) is 0 Å². The molecule has 0 bridgehead atoms. The van der Waals surface area contributed by atoms with Gasteiger partial charge >= 0.3 is 5.97 Å². The maximum Gasteiger partial charge on any atom is 0.309 e. The lowest BCUT2D eigenvalue weighted by molar-refractivity contribution is -0.144. The molecule has 0 unspecified atom stereocenters. The predicted octanol–water partition coefficient (Wildman–Crippen LogP) is 4.42. The molecular formula is C22H35NO2. The zero-order chi connectivity index (χ0) is 17.6. The average Bonchev–Trinajstić information content (AvgIpc) is 2.89. The van der Waals surface area contributed by atoms with E-state index in [2.05, 4.69) is 37.9 Å². The van der Waals surface area contributed by atoms with E-state index in [0.29, 0.717) is 23.9 Å². The summed E-state index contributed by atoms with van der Waals surface area (Å²) >= 11 is 0. The van der Waals surface area contributed by atoms with Crippen LogP contribution < -0.4 is 0 Å². The first-order valence-electron chi connectivity index (χ1n) is 10.7. The van der Waals surface area contributed by atoms with Crippen molar-refractivity contribution < 1.29 is 9.53 Å². The highest BCUT2D eigenvalue weighted by atomic mass is 16.6. The summed E-state index contributed by atoms with van der Waals surface area (Å²) in [5.41, 5.74) is 0. The van der Waals surface area contributed by atoms with Crippen LogP contribution in [-0.2, 0) is 9.53 Å². The second kappa shape index (κ2) is 7.06. The van der Waals surface area contributed by atoms with Crippen molar-refractivity contribution in [2.45, 2.75) is 83.4 Å². The summed E-state index contributed by atoms with van der Waals surface area (Å²) in [7, 11) is 2.27. The van der Waals surface area contributed by atoms with Gasteiger partial charge in [-0.2, -0.15) is 0 Å². The number of nitrogens with zero attached hydrogens (tertiary/aromatic N) is 1. The number of piperidine rings is 1. The summed E-state index contributed by atoms with van der Waals surface area (Å²) in [6.45, 7) is 4.47. The highest BCUT2D eigenvalue weighted by Crippen LogP contribution is 2.53. The molecule has 8 atom stereocenters. The Hall–Kier alpha value is -0.830. The molecule has 4 rings (SSSR count). The second-order valence-electron chi connectivity index (χ2n) is 9.24. The Morgan fingerprint density at radius 2 is 1.84 bits per heavy atom. The van der Waals surface area contributed by atoms with Gasteiger partial charge in [0, 0.05) is 18.0 Å². The molecule has 0 radical (unpaired) electrons. The fraction of sp³-hybridized carbons (Fsp3) is 0.864. The van der Waals surface area contributed by atoms with E-state index in [1.165, 1.54) is 44.9 Å². The third-order valence-corrected chi connectivity index (χ3v) is 7.97. The van der Waals surface area contributed by atoms with Gasteiger partial charge in [0.25, 0.3) is 0 Å². The standard InChI is InChI=1S/C22H35NO2/c1-14-7-6-9-17(23(14)3)11-12-19-18-10-5-4-8-16(18)13-20-21(19)15(2)25-22(20)24/h11-12,14-21H,4-10,13H2,1-3H3/b12-11-/t14-,15-,16+,17+,18+,19+,20+,21+/m0/s1. The maximum atomic E-state index is 12.4. The van der Waals surface area contributed by atoms with Crippen LogP contribution in [0.25, 0.3) is 0 Å². The first-order valence-corrected chi connectivity index (χ1v) is 10.7. The Morgan fingerprint density at radius 1 is 1.04 bits per heavy atom. The van der Waals surface area contributed by atoms with E-state index in [9.17, 15) is 4.79 Å². The molecule has 0 aromatic carbocycles. The number of carbonyl (C=O) groups excluding carboxylic acids is 1. The fourth-order valence-corrected chi connectivity index (χ4v) is 6.43. The van der Waals surface area contributed by atoms with Gasteiger partial charge in [-0.3, -0.25) is 9.69 Å². The maximum absolute atomic E-state index is 12.4. The quantitative estimate of drug-likeness (QED) is 0.548. The van der Waals surface area contributed by atoms with Gasteiger partial charge in [-0.25, -0.2) is 0 Å². The molecule has 3 heteroatoms. The van der Waals surface area contributed by atoms with Gasteiger partial charge < -0.3 is 4.74 Å². The molecule has 0 spiro atoms. The molecule has 3 nitrogen and oxygen atoms in total. The molecule has 2 heterocycles. The molecule has 0 N–H and O–H groups in total. The van der Waals surface area contributed by atoms with Crippen LogP contribution in [0.4, 0.5) is 0 Å².